The molecule has 0 bridgehead atoms. The molecule has 0 saturated carbocycles. The van der Waals surface area contributed by atoms with Crippen molar-refractivity contribution < 1.29 is 14.3 Å². The lowest BCUT2D eigenvalue weighted by molar-refractivity contribution is 0.0636. The Morgan fingerprint density at radius 2 is 1.71 bits per heavy atom. The lowest BCUT2D eigenvalue weighted by Gasteiger charge is -2.19. The number of hydrogen-bond acceptors (Lipinski definition) is 3. The molecule has 0 unspecified atom stereocenters. The Morgan fingerprint density at radius 3 is 2.25 bits per heavy atom. The van der Waals surface area contributed by atoms with Crippen molar-refractivity contribution in [1.29, 1.82) is 0 Å². The summed E-state index contributed by atoms with van der Waals surface area (Å²) in [6.07, 6.45) is -0.550. The van der Waals surface area contributed by atoms with Gasteiger partial charge in [-0.1, -0.05) is 11.6 Å². The van der Waals surface area contributed by atoms with Gasteiger partial charge in [-0.05, 0) is 79.2 Å². The van der Waals surface area contributed by atoms with E-state index in [-0.39, 0.29) is 5.78 Å². The van der Waals surface area contributed by atoms with Crippen LogP contribution in [0, 0.1) is 0 Å². The van der Waals surface area contributed by atoms with Crippen molar-refractivity contribution in [2.45, 2.75) is 26.4 Å². The van der Waals surface area contributed by atoms with Gasteiger partial charge < -0.3 is 4.74 Å². The summed E-state index contributed by atoms with van der Waals surface area (Å²) < 4.78 is 5.77. The molecule has 0 aromatic heterocycles. The summed E-state index contributed by atoms with van der Waals surface area (Å²) >= 11 is 9.21. The van der Waals surface area contributed by atoms with Gasteiger partial charge in [0.25, 0.3) is 0 Å². The molecule has 24 heavy (non-hydrogen) atoms. The first-order valence-electron chi connectivity index (χ1n) is 7.25. The summed E-state index contributed by atoms with van der Waals surface area (Å²) in [6.45, 7) is 5.36. The van der Waals surface area contributed by atoms with E-state index in [2.05, 4.69) is 21.2 Å². The first-order valence-corrected chi connectivity index (χ1v) is 8.42. The molecule has 0 radical (unpaired) electrons. The number of ether oxygens (including phenoxy) is 1. The summed E-state index contributed by atoms with van der Waals surface area (Å²) in [7, 11) is 0. The van der Waals surface area contributed by atoms with E-state index in [4.69, 9.17) is 16.3 Å². The van der Waals surface area contributed by atoms with Crippen LogP contribution in [0.25, 0.3) is 0 Å². The standard InChI is InChI=1S/C18H17BrClNO3/c1-18(2,3)24-17(23)21-13-8-9-14(15(19)10-13)16(22)11-4-6-12(20)7-5-11/h4-10H,1-3H3,(H,21,23). The number of benzene rings is 2. The van der Waals surface area contributed by atoms with Gasteiger partial charge in [0.05, 0.1) is 0 Å². The number of hydrogen-bond donors (Lipinski definition) is 1. The minimum absolute atomic E-state index is 0.137. The van der Waals surface area contributed by atoms with Crippen LogP contribution in [-0.4, -0.2) is 17.5 Å². The van der Waals surface area contributed by atoms with E-state index < -0.39 is 11.7 Å². The third-order valence-corrected chi connectivity index (χ3v) is 3.87. The van der Waals surface area contributed by atoms with Gasteiger partial charge in [0, 0.05) is 26.3 Å². The van der Waals surface area contributed by atoms with E-state index in [9.17, 15) is 9.59 Å². The maximum Gasteiger partial charge on any atom is 0.412 e. The van der Waals surface area contributed by atoms with Crippen molar-refractivity contribution in [2.24, 2.45) is 0 Å². The lowest BCUT2D eigenvalue weighted by Crippen LogP contribution is -2.27. The zero-order valence-corrected chi connectivity index (χ0v) is 15.9. The molecule has 0 spiro atoms. The second-order valence-corrected chi connectivity index (χ2v) is 7.45. The predicted octanol–water partition coefficient (Wildman–Crippen LogP) is 5.68. The number of anilines is 1. The Kier molecular flexibility index (Phi) is 5.67. The Balaban J connectivity index is 2.16. The second kappa shape index (κ2) is 7.36. The highest BCUT2D eigenvalue weighted by molar-refractivity contribution is 9.10. The quantitative estimate of drug-likeness (QED) is 0.662. The van der Waals surface area contributed by atoms with Gasteiger partial charge in [-0.25, -0.2) is 4.79 Å². The van der Waals surface area contributed by atoms with Gasteiger partial charge in [-0.2, -0.15) is 0 Å². The van der Waals surface area contributed by atoms with Gasteiger partial charge in [0.2, 0.25) is 0 Å². The Labute approximate surface area is 154 Å². The molecule has 126 valence electrons. The van der Waals surface area contributed by atoms with E-state index in [0.29, 0.717) is 26.3 Å². The number of amides is 1. The van der Waals surface area contributed by atoms with E-state index >= 15 is 0 Å². The topological polar surface area (TPSA) is 55.4 Å². The Bertz CT molecular complexity index is 767. The molecule has 2 rings (SSSR count). The largest absolute Gasteiger partial charge is 0.444 e. The van der Waals surface area contributed by atoms with E-state index in [1.54, 1.807) is 63.2 Å². The molecule has 0 atom stereocenters. The van der Waals surface area contributed by atoms with E-state index in [0.717, 1.165) is 0 Å². The predicted molar refractivity (Wildman–Crippen MR) is 98.9 cm³/mol. The Hall–Kier alpha value is -1.85. The smallest absolute Gasteiger partial charge is 0.412 e. The molecule has 0 aliphatic heterocycles. The van der Waals surface area contributed by atoms with Crippen molar-refractivity contribution >= 4 is 45.1 Å². The molecule has 2 aromatic rings. The fraction of sp³-hybridized carbons (Fsp3) is 0.222. The molecule has 0 fully saturated rings. The minimum atomic E-state index is -0.578. The molecule has 4 nitrogen and oxygen atoms in total. The van der Waals surface area contributed by atoms with Crippen molar-refractivity contribution in [3.05, 3.63) is 63.1 Å². The third-order valence-electron chi connectivity index (χ3n) is 2.97. The summed E-state index contributed by atoms with van der Waals surface area (Å²) in [5.74, 6) is -0.137. The average molecular weight is 411 g/mol. The zero-order chi connectivity index (χ0) is 17.9. The molecule has 1 amide bonds. The maximum atomic E-state index is 12.5. The van der Waals surface area contributed by atoms with Crippen LogP contribution >= 0.6 is 27.5 Å². The van der Waals surface area contributed by atoms with Crippen LogP contribution in [0.4, 0.5) is 10.5 Å². The number of carbonyl (C=O) groups is 2. The SMILES string of the molecule is CC(C)(C)OC(=O)Nc1ccc(C(=O)c2ccc(Cl)cc2)c(Br)c1. The number of ketones is 1. The summed E-state index contributed by atoms with van der Waals surface area (Å²) in [6, 6.07) is 11.6. The van der Waals surface area contributed by atoms with Gasteiger partial charge in [-0.15, -0.1) is 0 Å². The van der Waals surface area contributed by atoms with Gasteiger partial charge in [0.1, 0.15) is 5.60 Å². The number of carbonyl (C=O) groups excluding carboxylic acids is 2. The molecule has 0 saturated heterocycles. The van der Waals surface area contributed by atoms with Crippen molar-refractivity contribution in [2.75, 3.05) is 5.32 Å². The fourth-order valence-electron chi connectivity index (χ4n) is 1.96. The van der Waals surface area contributed by atoms with Gasteiger partial charge >= 0.3 is 6.09 Å². The van der Waals surface area contributed by atoms with Crippen molar-refractivity contribution in [3.63, 3.8) is 0 Å². The van der Waals surface area contributed by atoms with Crippen LogP contribution in [0.3, 0.4) is 0 Å². The average Bonchev–Trinajstić information content (AvgIpc) is 2.45. The van der Waals surface area contributed by atoms with Crippen molar-refractivity contribution in [3.8, 4) is 0 Å². The molecule has 1 N–H and O–H groups in total. The molecule has 6 heteroatoms. The number of nitrogens with one attached hydrogen (secondary N) is 1. The summed E-state index contributed by atoms with van der Waals surface area (Å²) in [4.78, 5) is 24.3. The normalized spacial score (nSPS) is 11.0. The maximum absolute atomic E-state index is 12.5. The molecule has 2 aromatic carbocycles. The lowest BCUT2D eigenvalue weighted by atomic mass is 10.0. The fourth-order valence-corrected chi connectivity index (χ4v) is 2.64. The van der Waals surface area contributed by atoms with Crippen LogP contribution in [0.2, 0.25) is 5.02 Å². The highest BCUT2D eigenvalue weighted by Gasteiger charge is 2.17. The molecule has 0 aliphatic rings. The van der Waals surface area contributed by atoms with E-state index in [1.807, 2.05) is 0 Å². The van der Waals surface area contributed by atoms with E-state index in [1.165, 1.54) is 0 Å². The summed E-state index contributed by atoms with van der Waals surface area (Å²) in [5, 5.41) is 3.20. The van der Waals surface area contributed by atoms with Crippen LogP contribution in [0.5, 0.6) is 0 Å². The first-order chi connectivity index (χ1) is 11.2. The molecular formula is C18H17BrClNO3. The highest BCUT2D eigenvalue weighted by atomic mass is 79.9. The van der Waals surface area contributed by atoms with Crippen LogP contribution in [0.15, 0.2) is 46.9 Å². The third kappa shape index (κ3) is 5.08. The van der Waals surface area contributed by atoms with Crippen LogP contribution in [-0.2, 0) is 4.74 Å². The highest BCUT2D eigenvalue weighted by Crippen LogP contribution is 2.25. The Morgan fingerprint density at radius 1 is 1.08 bits per heavy atom. The number of rotatable bonds is 3. The molecular weight excluding hydrogens is 394 g/mol. The zero-order valence-electron chi connectivity index (χ0n) is 13.5. The minimum Gasteiger partial charge on any atom is -0.444 e. The summed E-state index contributed by atoms with van der Waals surface area (Å²) in [5.41, 5.74) is 0.981. The molecule has 0 aliphatic carbocycles. The first kappa shape index (κ1) is 18.5. The van der Waals surface area contributed by atoms with Gasteiger partial charge in [-0.3, -0.25) is 10.1 Å². The van der Waals surface area contributed by atoms with Crippen LogP contribution in [0.1, 0.15) is 36.7 Å². The van der Waals surface area contributed by atoms with Crippen molar-refractivity contribution in [1.82, 2.24) is 0 Å². The van der Waals surface area contributed by atoms with Gasteiger partial charge in [0.15, 0.2) is 5.78 Å². The second-order valence-electron chi connectivity index (χ2n) is 6.16. The monoisotopic (exact) mass is 409 g/mol. The molecule has 0 heterocycles. The van der Waals surface area contributed by atoms with Crippen LogP contribution < -0.4 is 5.32 Å². The number of halogens is 2.